The van der Waals surface area contributed by atoms with Crippen LogP contribution >= 0.6 is 0 Å². The number of hydrogen-bond acceptors (Lipinski definition) is 5. The van der Waals surface area contributed by atoms with Gasteiger partial charge in [-0.25, -0.2) is 0 Å². The third kappa shape index (κ3) is 6.51. The minimum Gasteiger partial charge on any atom is -0.398 e. The third-order valence-corrected chi connectivity index (χ3v) is 4.59. The van der Waals surface area contributed by atoms with E-state index in [-0.39, 0.29) is 11.8 Å². The van der Waals surface area contributed by atoms with Crippen molar-refractivity contribution in [1.29, 1.82) is 0 Å². The van der Waals surface area contributed by atoms with Crippen molar-refractivity contribution < 1.29 is 14.4 Å². The normalized spacial score (nSPS) is 11.4. The van der Waals surface area contributed by atoms with Crippen molar-refractivity contribution in [3.8, 4) is 0 Å². The van der Waals surface area contributed by atoms with E-state index in [1.165, 1.54) is 0 Å². The summed E-state index contributed by atoms with van der Waals surface area (Å²) in [5, 5.41) is 8.31. The largest absolute Gasteiger partial charge is 0.398 e. The lowest BCUT2D eigenvalue weighted by Crippen LogP contribution is -2.46. The van der Waals surface area contributed by atoms with Gasteiger partial charge in [-0.05, 0) is 50.5 Å². The van der Waals surface area contributed by atoms with Crippen LogP contribution in [0.2, 0.25) is 0 Å². The molecule has 2 aromatic rings. The molecule has 0 heterocycles. The van der Waals surface area contributed by atoms with Crippen LogP contribution in [0.1, 0.15) is 46.9 Å². The summed E-state index contributed by atoms with van der Waals surface area (Å²) >= 11 is 0. The Morgan fingerprint density at radius 2 is 1.40 bits per heavy atom. The van der Waals surface area contributed by atoms with E-state index >= 15 is 0 Å². The van der Waals surface area contributed by atoms with Gasteiger partial charge in [0.15, 0.2) is 0 Å². The number of anilines is 2. The van der Waals surface area contributed by atoms with Crippen LogP contribution in [-0.4, -0.2) is 36.9 Å². The van der Waals surface area contributed by atoms with Gasteiger partial charge in [-0.3, -0.25) is 14.4 Å². The highest BCUT2D eigenvalue weighted by Gasteiger charge is 2.21. The summed E-state index contributed by atoms with van der Waals surface area (Å²) in [6, 6.07) is 12.9. The van der Waals surface area contributed by atoms with Crippen molar-refractivity contribution in [1.82, 2.24) is 16.0 Å². The molecular weight excluding hydrogens is 382 g/mol. The zero-order valence-electron chi connectivity index (χ0n) is 17.1. The second-order valence-electron chi connectivity index (χ2n) is 6.85. The monoisotopic (exact) mass is 411 g/mol. The molecule has 1 unspecified atom stereocenters. The zero-order chi connectivity index (χ0) is 21.9. The number of unbranched alkanes of at least 4 members (excludes halogenated alkanes) is 1. The van der Waals surface area contributed by atoms with Gasteiger partial charge in [0.05, 0.1) is 11.1 Å². The topological polar surface area (TPSA) is 139 Å². The number of carbonyl (C=O) groups is 3. The van der Waals surface area contributed by atoms with Gasteiger partial charge >= 0.3 is 0 Å². The molecule has 0 radical (unpaired) electrons. The third-order valence-electron chi connectivity index (χ3n) is 4.59. The molecule has 3 amide bonds. The SMILES string of the molecule is CCNC(=O)C(CCCCNC(=O)c1ccccc1N)NC(=O)c1ccccc1N. The molecule has 2 aromatic carbocycles. The molecule has 8 heteroatoms. The van der Waals surface area contributed by atoms with Crippen LogP contribution in [0.3, 0.4) is 0 Å². The second kappa shape index (κ2) is 11.5. The molecule has 0 aliphatic carbocycles. The highest BCUT2D eigenvalue weighted by molar-refractivity contribution is 6.01. The minimum absolute atomic E-state index is 0.235. The highest BCUT2D eigenvalue weighted by Crippen LogP contribution is 2.12. The summed E-state index contributed by atoms with van der Waals surface area (Å²) < 4.78 is 0. The number of amides is 3. The Morgan fingerprint density at radius 1 is 0.833 bits per heavy atom. The summed E-state index contributed by atoms with van der Waals surface area (Å²) in [7, 11) is 0. The van der Waals surface area contributed by atoms with E-state index in [0.717, 1.165) is 0 Å². The molecule has 0 saturated carbocycles. The molecule has 2 rings (SSSR count). The van der Waals surface area contributed by atoms with Gasteiger partial charge in [-0.15, -0.1) is 0 Å². The fourth-order valence-corrected chi connectivity index (χ4v) is 2.98. The fraction of sp³-hybridized carbons (Fsp3) is 0.318. The maximum absolute atomic E-state index is 12.5. The van der Waals surface area contributed by atoms with Crippen molar-refractivity contribution in [2.24, 2.45) is 0 Å². The van der Waals surface area contributed by atoms with Crippen molar-refractivity contribution in [3.05, 3.63) is 59.7 Å². The first-order valence-corrected chi connectivity index (χ1v) is 9.99. The van der Waals surface area contributed by atoms with Crippen LogP contribution in [0.4, 0.5) is 11.4 Å². The van der Waals surface area contributed by atoms with E-state index in [0.29, 0.717) is 54.9 Å². The van der Waals surface area contributed by atoms with Gasteiger partial charge in [0.25, 0.3) is 11.8 Å². The summed E-state index contributed by atoms with van der Waals surface area (Å²) in [4.78, 5) is 37.0. The number of nitrogen functional groups attached to an aromatic ring is 2. The Kier molecular flexibility index (Phi) is 8.68. The van der Waals surface area contributed by atoms with Crippen molar-refractivity contribution in [3.63, 3.8) is 0 Å². The predicted molar refractivity (Wildman–Crippen MR) is 118 cm³/mol. The number of rotatable bonds is 10. The number of para-hydroxylation sites is 2. The number of nitrogens with two attached hydrogens (primary N) is 2. The molecule has 1 atom stereocenters. The van der Waals surface area contributed by atoms with Crippen LogP contribution < -0.4 is 27.4 Å². The van der Waals surface area contributed by atoms with Crippen LogP contribution in [0, 0.1) is 0 Å². The summed E-state index contributed by atoms with van der Waals surface area (Å²) in [6.07, 6.45) is 1.72. The molecular formula is C22H29N5O3. The van der Waals surface area contributed by atoms with E-state index in [4.69, 9.17) is 11.5 Å². The lowest BCUT2D eigenvalue weighted by molar-refractivity contribution is -0.123. The quantitative estimate of drug-likeness (QED) is 0.299. The van der Waals surface area contributed by atoms with Gasteiger partial charge in [0, 0.05) is 24.5 Å². The van der Waals surface area contributed by atoms with Gasteiger partial charge in [-0.2, -0.15) is 0 Å². The Balaban J connectivity index is 1.85. The van der Waals surface area contributed by atoms with Gasteiger partial charge in [0.2, 0.25) is 5.91 Å². The fourth-order valence-electron chi connectivity index (χ4n) is 2.98. The lowest BCUT2D eigenvalue weighted by atomic mass is 10.1. The molecule has 0 aliphatic heterocycles. The number of nitrogens with one attached hydrogen (secondary N) is 3. The maximum Gasteiger partial charge on any atom is 0.254 e. The molecule has 160 valence electrons. The van der Waals surface area contributed by atoms with E-state index in [9.17, 15) is 14.4 Å². The standard InChI is InChI=1S/C22H29N5O3/c1-2-25-22(30)19(27-21(29)16-10-4-6-12-18(16)24)13-7-8-14-26-20(28)15-9-3-5-11-17(15)23/h3-6,9-12,19H,2,7-8,13-14,23-24H2,1H3,(H,25,30)(H,26,28)(H,27,29). The van der Waals surface area contributed by atoms with Crippen LogP contribution in [-0.2, 0) is 4.79 Å². The molecule has 30 heavy (non-hydrogen) atoms. The van der Waals surface area contributed by atoms with Gasteiger partial charge < -0.3 is 27.4 Å². The minimum atomic E-state index is -0.683. The van der Waals surface area contributed by atoms with Crippen molar-refractivity contribution in [2.45, 2.75) is 32.2 Å². The molecule has 0 bridgehead atoms. The van der Waals surface area contributed by atoms with Gasteiger partial charge in [-0.1, -0.05) is 24.3 Å². The summed E-state index contributed by atoms with van der Waals surface area (Å²) in [5.41, 5.74) is 13.2. The summed E-state index contributed by atoms with van der Waals surface area (Å²) in [6.45, 7) is 2.72. The first-order valence-electron chi connectivity index (χ1n) is 9.99. The van der Waals surface area contributed by atoms with Gasteiger partial charge in [0.1, 0.15) is 6.04 Å². The number of likely N-dealkylation sites (N-methyl/N-ethyl adjacent to an activating group) is 1. The van der Waals surface area contributed by atoms with E-state index in [2.05, 4.69) is 16.0 Å². The summed E-state index contributed by atoms with van der Waals surface area (Å²) in [5.74, 6) is -0.875. The first-order chi connectivity index (χ1) is 14.4. The van der Waals surface area contributed by atoms with Crippen molar-refractivity contribution in [2.75, 3.05) is 24.6 Å². The van der Waals surface area contributed by atoms with E-state index < -0.39 is 11.9 Å². The average molecular weight is 412 g/mol. The smallest absolute Gasteiger partial charge is 0.254 e. The highest BCUT2D eigenvalue weighted by atomic mass is 16.2. The second-order valence-corrected chi connectivity index (χ2v) is 6.85. The molecule has 0 aliphatic rings. The van der Waals surface area contributed by atoms with E-state index in [1.54, 1.807) is 48.5 Å². The number of benzene rings is 2. The zero-order valence-corrected chi connectivity index (χ0v) is 17.1. The van der Waals surface area contributed by atoms with Crippen LogP contribution in [0.15, 0.2) is 48.5 Å². The average Bonchev–Trinajstić information content (AvgIpc) is 2.73. The Bertz CT molecular complexity index is 885. The molecule has 7 N–H and O–H groups in total. The Hall–Kier alpha value is -3.55. The molecule has 8 nitrogen and oxygen atoms in total. The molecule has 0 aromatic heterocycles. The molecule has 0 spiro atoms. The lowest BCUT2D eigenvalue weighted by Gasteiger charge is -2.18. The van der Waals surface area contributed by atoms with E-state index in [1.807, 2.05) is 6.92 Å². The molecule has 0 fully saturated rings. The van der Waals surface area contributed by atoms with Crippen LogP contribution in [0.25, 0.3) is 0 Å². The van der Waals surface area contributed by atoms with Crippen molar-refractivity contribution >= 4 is 29.1 Å². The number of carbonyl (C=O) groups excluding carboxylic acids is 3. The number of hydrogen-bond donors (Lipinski definition) is 5. The Morgan fingerprint density at radius 3 is 1.97 bits per heavy atom. The first kappa shape index (κ1) is 22.7. The Labute approximate surface area is 176 Å². The van der Waals surface area contributed by atoms with Crippen LogP contribution in [0.5, 0.6) is 0 Å². The molecule has 0 saturated heterocycles. The predicted octanol–water partition coefficient (Wildman–Crippen LogP) is 1.69. The maximum atomic E-state index is 12.5.